The van der Waals surface area contributed by atoms with Crippen molar-refractivity contribution in [2.24, 2.45) is 0 Å². The molecule has 0 bridgehead atoms. The van der Waals surface area contributed by atoms with Crippen molar-refractivity contribution in [2.75, 3.05) is 6.54 Å². The molecule has 2 N–H and O–H groups in total. The standard InChI is InChI=1S/C12H14BrN3O4S/c1-8-15-12(16-20-8)4-5-14-21(18,19)11-6-9(7-17)2-3-10(11)13/h2-3,6,14,17H,4-5,7H2,1H3. The predicted octanol–water partition coefficient (Wildman–Crippen LogP) is 1.15. The van der Waals surface area contributed by atoms with Gasteiger partial charge in [-0.1, -0.05) is 11.2 Å². The summed E-state index contributed by atoms with van der Waals surface area (Å²) in [5.41, 5.74) is 0.521. The third-order valence-electron chi connectivity index (χ3n) is 2.68. The van der Waals surface area contributed by atoms with Crippen LogP contribution in [-0.2, 0) is 23.1 Å². The molecule has 1 heterocycles. The first kappa shape index (κ1) is 16.1. The fraction of sp³-hybridized carbons (Fsp3) is 0.333. The Labute approximate surface area is 130 Å². The first-order chi connectivity index (χ1) is 9.92. The van der Waals surface area contributed by atoms with Gasteiger partial charge in [-0.05, 0) is 33.6 Å². The number of hydrogen-bond donors (Lipinski definition) is 2. The zero-order chi connectivity index (χ0) is 15.5. The second-order valence-electron chi connectivity index (χ2n) is 4.30. The number of rotatable bonds is 6. The zero-order valence-corrected chi connectivity index (χ0v) is 13.6. The normalized spacial score (nSPS) is 11.8. The lowest BCUT2D eigenvalue weighted by Gasteiger charge is -2.09. The van der Waals surface area contributed by atoms with Crippen LogP contribution in [-0.4, -0.2) is 30.2 Å². The summed E-state index contributed by atoms with van der Waals surface area (Å²) in [4.78, 5) is 4.07. The van der Waals surface area contributed by atoms with Crippen LogP contribution in [0.4, 0.5) is 0 Å². The van der Waals surface area contributed by atoms with Crippen molar-refractivity contribution in [3.8, 4) is 0 Å². The van der Waals surface area contributed by atoms with Crippen LogP contribution in [0.15, 0.2) is 32.1 Å². The summed E-state index contributed by atoms with van der Waals surface area (Å²) in [7, 11) is -3.68. The highest BCUT2D eigenvalue weighted by Crippen LogP contribution is 2.23. The van der Waals surface area contributed by atoms with Crippen molar-refractivity contribution >= 4 is 26.0 Å². The van der Waals surface area contributed by atoms with E-state index in [0.717, 1.165) is 0 Å². The molecule has 0 saturated heterocycles. The predicted molar refractivity (Wildman–Crippen MR) is 78.0 cm³/mol. The topological polar surface area (TPSA) is 105 Å². The Kier molecular flexibility index (Phi) is 5.09. The number of aromatic nitrogens is 2. The third kappa shape index (κ3) is 4.10. The van der Waals surface area contributed by atoms with E-state index in [9.17, 15) is 8.42 Å². The Hall–Kier alpha value is -1.29. The molecule has 7 nitrogen and oxygen atoms in total. The van der Waals surface area contributed by atoms with Gasteiger partial charge < -0.3 is 9.63 Å². The van der Waals surface area contributed by atoms with Gasteiger partial charge in [0.1, 0.15) is 0 Å². The molecule has 0 spiro atoms. The lowest BCUT2D eigenvalue weighted by atomic mass is 10.2. The molecule has 0 atom stereocenters. The van der Waals surface area contributed by atoms with Crippen LogP contribution in [0.25, 0.3) is 0 Å². The lowest BCUT2D eigenvalue weighted by molar-refractivity contribution is 0.281. The lowest BCUT2D eigenvalue weighted by Crippen LogP contribution is -2.26. The van der Waals surface area contributed by atoms with Gasteiger partial charge in [0.2, 0.25) is 15.9 Å². The molecule has 0 unspecified atom stereocenters. The number of hydrogen-bond acceptors (Lipinski definition) is 6. The van der Waals surface area contributed by atoms with Crippen LogP contribution in [0.3, 0.4) is 0 Å². The Morgan fingerprint density at radius 2 is 2.19 bits per heavy atom. The van der Waals surface area contributed by atoms with E-state index in [0.29, 0.717) is 28.2 Å². The van der Waals surface area contributed by atoms with Crippen LogP contribution in [0, 0.1) is 6.92 Å². The number of nitrogens with zero attached hydrogens (tertiary/aromatic N) is 2. The molecule has 21 heavy (non-hydrogen) atoms. The molecule has 9 heteroatoms. The summed E-state index contributed by atoms with van der Waals surface area (Å²) in [6, 6.07) is 4.65. The SMILES string of the molecule is Cc1nc(CCNS(=O)(=O)c2cc(CO)ccc2Br)no1. The summed E-state index contributed by atoms with van der Waals surface area (Å²) < 4.78 is 32.2. The first-order valence-electron chi connectivity index (χ1n) is 6.10. The van der Waals surface area contributed by atoms with Crippen molar-refractivity contribution in [3.63, 3.8) is 0 Å². The second-order valence-corrected chi connectivity index (χ2v) is 6.89. The number of sulfonamides is 1. The smallest absolute Gasteiger partial charge is 0.241 e. The number of nitrogens with one attached hydrogen (secondary N) is 1. The molecular formula is C12H14BrN3O4S. The van der Waals surface area contributed by atoms with Gasteiger partial charge in [-0.3, -0.25) is 0 Å². The highest BCUT2D eigenvalue weighted by atomic mass is 79.9. The van der Waals surface area contributed by atoms with Crippen molar-refractivity contribution in [1.82, 2.24) is 14.9 Å². The molecule has 0 aliphatic carbocycles. The molecule has 0 aliphatic rings. The molecular weight excluding hydrogens is 362 g/mol. The van der Waals surface area contributed by atoms with Crippen molar-refractivity contribution in [1.29, 1.82) is 0 Å². The number of aryl methyl sites for hydroxylation is 1. The van der Waals surface area contributed by atoms with Crippen LogP contribution < -0.4 is 4.72 Å². The minimum Gasteiger partial charge on any atom is -0.392 e. The molecule has 0 saturated carbocycles. The highest BCUT2D eigenvalue weighted by molar-refractivity contribution is 9.10. The quantitative estimate of drug-likeness (QED) is 0.784. The largest absolute Gasteiger partial charge is 0.392 e. The molecule has 0 amide bonds. The molecule has 114 valence electrons. The molecule has 0 fully saturated rings. The Bertz CT molecular complexity index is 730. The average molecular weight is 376 g/mol. The Balaban J connectivity index is 2.07. The minimum atomic E-state index is -3.68. The van der Waals surface area contributed by atoms with E-state index in [1.807, 2.05) is 0 Å². The maximum absolute atomic E-state index is 12.2. The third-order valence-corrected chi connectivity index (χ3v) is 5.13. The first-order valence-corrected chi connectivity index (χ1v) is 8.38. The van der Waals surface area contributed by atoms with E-state index in [1.54, 1.807) is 19.1 Å². The summed E-state index contributed by atoms with van der Waals surface area (Å²) >= 11 is 3.20. The van der Waals surface area contributed by atoms with Gasteiger partial charge in [0, 0.05) is 24.4 Å². The monoisotopic (exact) mass is 375 g/mol. The van der Waals surface area contributed by atoms with Crippen LogP contribution in [0.2, 0.25) is 0 Å². The van der Waals surface area contributed by atoms with Gasteiger partial charge in [-0.15, -0.1) is 0 Å². The minimum absolute atomic E-state index is 0.0818. The van der Waals surface area contributed by atoms with E-state index in [4.69, 9.17) is 9.63 Å². The van der Waals surface area contributed by atoms with Crippen molar-refractivity contribution in [2.45, 2.75) is 24.8 Å². The maximum Gasteiger partial charge on any atom is 0.241 e. The highest BCUT2D eigenvalue weighted by Gasteiger charge is 2.18. The van der Waals surface area contributed by atoms with E-state index >= 15 is 0 Å². The van der Waals surface area contributed by atoms with Gasteiger partial charge >= 0.3 is 0 Å². The number of aliphatic hydroxyl groups excluding tert-OH is 1. The Morgan fingerprint density at radius 1 is 1.43 bits per heavy atom. The van der Waals surface area contributed by atoms with Gasteiger partial charge in [-0.2, -0.15) is 4.98 Å². The van der Waals surface area contributed by atoms with E-state index < -0.39 is 10.0 Å². The van der Waals surface area contributed by atoms with Crippen molar-refractivity contribution < 1.29 is 18.0 Å². The van der Waals surface area contributed by atoms with Crippen LogP contribution in [0.1, 0.15) is 17.3 Å². The molecule has 2 aromatic rings. The molecule has 0 radical (unpaired) electrons. The summed E-state index contributed by atoms with van der Waals surface area (Å²) in [5.74, 6) is 0.879. The number of aliphatic hydroxyl groups is 1. The summed E-state index contributed by atoms with van der Waals surface area (Å²) in [6.45, 7) is 1.59. The van der Waals surface area contributed by atoms with E-state index in [2.05, 4.69) is 30.8 Å². The second kappa shape index (κ2) is 6.65. The zero-order valence-electron chi connectivity index (χ0n) is 11.2. The van der Waals surface area contributed by atoms with Gasteiger partial charge in [0.15, 0.2) is 5.82 Å². The summed E-state index contributed by atoms with van der Waals surface area (Å²) in [6.07, 6.45) is 0.327. The van der Waals surface area contributed by atoms with Crippen LogP contribution in [0.5, 0.6) is 0 Å². The average Bonchev–Trinajstić information content (AvgIpc) is 2.84. The fourth-order valence-electron chi connectivity index (χ4n) is 1.67. The van der Waals surface area contributed by atoms with Gasteiger partial charge in [0.05, 0.1) is 11.5 Å². The molecule has 1 aromatic carbocycles. The Morgan fingerprint density at radius 3 is 2.81 bits per heavy atom. The number of benzene rings is 1. The van der Waals surface area contributed by atoms with Gasteiger partial charge in [-0.25, -0.2) is 13.1 Å². The summed E-state index contributed by atoms with van der Waals surface area (Å²) in [5, 5.41) is 12.8. The fourth-order valence-corrected chi connectivity index (χ4v) is 3.71. The van der Waals surface area contributed by atoms with Crippen LogP contribution >= 0.6 is 15.9 Å². The van der Waals surface area contributed by atoms with E-state index in [-0.39, 0.29) is 18.0 Å². The molecule has 1 aromatic heterocycles. The van der Waals surface area contributed by atoms with E-state index in [1.165, 1.54) is 6.07 Å². The molecule has 0 aliphatic heterocycles. The maximum atomic E-state index is 12.2. The number of halogens is 1. The molecule has 2 rings (SSSR count). The van der Waals surface area contributed by atoms with Gasteiger partial charge in [0.25, 0.3) is 0 Å². The van der Waals surface area contributed by atoms with Crippen molar-refractivity contribution in [3.05, 3.63) is 40.0 Å².